The van der Waals surface area contributed by atoms with Crippen molar-refractivity contribution in [3.8, 4) is 0 Å². The zero-order valence-electron chi connectivity index (χ0n) is 20.8. The first-order chi connectivity index (χ1) is 15.3. The van der Waals surface area contributed by atoms with Crippen molar-refractivity contribution in [2.75, 3.05) is 13.7 Å². The lowest BCUT2D eigenvalue weighted by molar-refractivity contribution is -0.297. The van der Waals surface area contributed by atoms with E-state index in [4.69, 9.17) is 14.7 Å². The van der Waals surface area contributed by atoms with E-state index < -0.39 is 22.9 Å². The second-order valence-corrected chi connectivity index (χ2v) is 9.71. The lowest BCUT2D eigenvalue weighted by Gasteiger charge is -2.37. The van der Waals surface area contributed by atoms with E-state index in [1.165, 1.54) is 26.4 Å². The number of rotatable bonds is 11. The van der Waals surface area contributed by atoms with Gasteiger partial charge in [0, 0.05) is 31.1 Å². The summed E-state index contributed by atoms with van der Waals surface area (Å²) in [6.45, 7) is 10.7. The van der Waals surface area contributed by atoms with Gasteiger partial charge in [-0.05, 0) is 64.9 Å². The van der Waals surface area contributed by atoms with Gasteiger partial charge in [-0.2, -0.15) is 0 Å². The van der Waals surface area contributed by atoms with Crippen LogP contribution < -0.4 is 0 Å². The molecule has 0 aliphatic heterocycles. The van der Waals surface area contributed by atoms with Gasteiger partial charge in [-0.1, -0.05) is 30.7 Å². The monoisotopic (exact) mass is 462 g/mol. The van der Waals surface area contributed by atoms with Gasteiger partial charge in [0.25, 0.3) is 0 Å². The summed E-state index contributed by atoms with van der Waals surface area (Å²) in [6.07, 6.45) is 11.1. The predicted molar refractivity (Wildman–Crippen MR) is 126 cm³/mol. The normalized spacial score (nSPS) is 24.0. The van der Waals surface area contributed by atoms with Gasteiger partial charge >= 0.3 is 5.97 Å². The summed E-state index contributed by atoms with van der Waals surface area (Å²) in [7, 11) is 1.53. The van der Waals surface area contributed by atoms with Gasteiger partial charge in [0.2, 0.25) is 0 Å². The second kappa shape index (κ2) is 12.8. The molecule has 0 heterocycles. The quantitative estimate of drug-likeness (QED) is 0.115. The molecule has 7 heteroatoms. The molecule has 0 aromatic heterocycles. The Labute approximate surface area is 197 Å². The third-order valence-electron chi connectivity index (χ3n) is 5.73. The van der Waals surface area contributed by atoms with E-state index in [9.17, 15) is 14.4 Å². The summed E-state index contributed by atoms with van der Waals surface area (Å²) >= 11 is 0. The lowest BCUT2D eigenvalue weighted by Crippen LogP contribution is -2.35. The summed E-state index contributed by atoms with van der Waals surface area (Å²) in [6, 6.07) is 0. The van der Waals surface area contributed by atoms with Crippen molar-refractivity contribution >= 4 is 17.5 Å². The smallest absolute Gasteiger partial charge is 0.335 e. The zero-order valence-corrected chi connectivity index (χ0v) is 20.8. The van der Waals surface area contributed by atoms with Crippen molar-refractivity contribution in [2.24, 2.45) is 17.3 Å². The summed E-state index contributed by atoms with van der Waals surface area (Å²) in [5.41, 5.74) is 0.00466. The third kappa shape index (κ3) is 9.20. The molecular weight excluding hydrogens is 424 g/mol. The molecule has 0 unspecified atom stereocenters. The van der Waals surface area contributed by atoms with E-state index >= 15 is 0 Å². The third-order valence-corrected chi connectivity index (χ3v) is 5.73. The number of hydrogen-bond donors (Lipinski definition) is 1. The molecule has 1 aliphatic carbocycles. The Morgan fingerprint density at radius 1 is 1.27 bits per heavy atom. The highest BCUT2D eigenvalue weighted by atomic mass is 17.1. The van der Waals surface area contributed by atoms with Crippen LogP contribution in [0.4, 0.5) is 0 Å². The molecule has 0 bridgehead atoms. The molecule has 33 heavy (non-hydrogen) atoms. The number of carbonyl (C=O) groups excluding carboxylic acids is 3. The van der Waals surface area contributed by atoms with E-state index in [0.717, 1.165) is 5.57 Å². The average Bonchev–Trinajstić information content (AvgIpc) is 2.79. The van der Waals surface area contributed by atoms with Crippen LogP contribution in [0.15, 0.2) is 47.8 Å². The van der Waals surface area contributed by atoms with Crippen molar-refractivity contribution < 1.29 is 34.0 Å². The van der Waals surface area contributed by atoms with Crippen molar-refractivity contribution in [3.05, 3.63) is 47.8 Å². The highest BCUT2D eigenvalue weighted by Crippen LogP contribution is 2.46. The Morgan fingerprint density at radius 3 is 2.48 bits per heavy atom. The first-order valence-corrected chi connectivity index (χ1v) is 11.1. The molecule has 1 N–H and O–H groups in total. The molecule has 0 fully saturated rings. The van der Waals surface area contributed by atoms with Gasteiger partial charge in [0.05, 0.1) is 12.9 Å². The SMILES string of the molecule is COCC1=CC[C@](C)(C/C=C/C(C)(C)OO)[C@@H](/C=C/OC(=O)C=C(C)C)[C@H](CC(C)=O)C1=O. The summed E-state index contributed by atoms with van der Waals surface area (Å²) in [5.74, 6) is -1.74. The number of hydrogen-bond acceptors (Lipinski definition) is 7. The fourth-order valence-corrected chi connectivity index (χ4v) is 3.98. The molecule has 0 aromatic carbocycles. The number of Topliss-reactive ketones (excluding diaryl/α,β-unsaturated/α-hetero) is 2. The minimum Gasteiger partial charge on any atom is -0.432 e. The number of esters is 1. The van der Waals surface area contributed by atoms with Gasteiger partial charge in [0.15, 0.2) is 5.78 Å². The minimum atomic E-state index is -0.863. The number of ether oxygens (including phenoxy) is 2. The van der Waals surface area contributed by atoms with Crippen LogP contribution in [0.3, 0.4) is 0 Å². The maximum absolute atomic E-state index is 13.4. The zero-order chi connectivity index (χ0) is 25.2. The molecule has 1 aliphatic rings. The van der Waals surface area contributed by atoms with Crippen LogP contribution in [0.25, 0.3) is 0 Å². The molecule has 0 saturated heterocycles. The van der Waals surface area contributed by atoms with Crippen LogP contribution in [-0.4, -0.2) is 42.1 Å². The number of methoxy groups -OCH3 is 1. The van der Waals surface area contributed by atoms with Gasteiger partial charge < -0.3 is 14.3 Å². The van der Waals surface area contributed by atoms with E-state index in [1.54, 1.807) is 39.8 Å². The van der Waals surface area contributed by atoms with Gasteiger partial charge in [-0.25, -0.2) is 9.68 Å². The molecule has 184 valence electrons. The van der Waals surface area contributed by atoms with E-state index in [0.29, 0.717) is 18.4 Å². The predicted octanol–water partition coefficient (Wildman–Crippen LogP) is 4.99. The molecule has 3 atom stereocenters. The van der Waals surface area contributed by atoms with Crippen LogP contribution in [0.1, 0.15) is 60.8 Å². The topological polar surface area (TPSA) is 99.1 Å². The molecular formula is C26H38O7. The summed E-state index contributed by atoms with van der Waals surface area (Å²) in [5, 5.41) is 9.07. The number of allylic oxidation sites excluding steroid dienone is 4. The fourth-order valence-electron chi connectivity index (χ4n) is 3.98. The molecule has 7 nitrogen and oxygen atoms in total. The molecule has 0 radical (unpaired) electrons. The Hall–Kier alpha value is -2.35. The Bertz CT molecular complexity index is 828. The van der Waals surface area contributed by atoms with Crippen LogP contribution in [0, 0.1) is 17.3 Å². The first-order valence-electron chi connectivity index (χ1n) is 11.1. The van der Waals surface area contributed by atoms with Crippen molar-refractivity contribution in [3.63, 3.8) is 0 Å². The highest BCUT2D eigenvalue weighted by molar-refractivity contribution is 6.00. The maximum atomic E-state index is 13.4. The van der Waals surface area contributed by atoms with Crippen LogP contribution >= 0.6 is 0 Å². The van der Waals surface area contributed by atoms with Crippen molar-refractivity contribution in [1.82, 2.24) is 0 Å². The average molecular weight is 463 g/mol. The summed E-state index contributed by atoms with van der Waals surface area (Å²) in [4.78, 5) is 41.9. The molecule has 0 amide bonds. The molecule has 0 spiro atoms. The van der Waals surface area contributed by atoms with E-state index in [-0.39, 0.29) is 30.5 Å². The van der Waals surface area contributed by atoms with Crippen LogP contribution in [-0.2, 0) is 28.7 Å². The Balaban J connectivity index is 3.42. The van der Waals surface area contributed by atoms with Crippen molar-refractivity contribution in [1.29, 1.82) is 0 Å². The van der Waals surface area contributed by atoms with Gasteiger partial charge in [0.1, 0.15) is 11.4 Å². The van der Waals surface area contributed by atoms with Crippen LogP contribution in [0.2, 0.25) is 0 Å². The summed E-state index contributed by atoms with van der Waals surface area (Å²) < 4.78 is 10.5. The minimum absolute atomic E-state index is 0.0708. The van der Waals surface area contributed by atoms with E-state index in [1.807, 2.05) is 19.1 Å². The Morgan fingerprint density at radius 2 is 1.94 bits per heavy atom. The standard InChI is InChI=1S/C26H38O7/c1-18(2)15-23(28)32-14-10-22-21(16-19(3)27)24(29)20(17-31-7)9-13-26(22,6)12-8-11-25(4,5)33-30/h8-11,14-15,21-22,30H,12-13,16-17H2,1-7H3/b11-8+,14-10+/t21-,22-,26-/m0/s1. The first kappa shape index (κ1) is 28.7. The highest BCUT2D eigenvalue weighted by Gasteiger charge is 2.43. The largest absolute Gasteiger partial charge is 0.432 e. The van der Waals surface area contributed by atoms with Crippen LogP contribution in [0.5, 0.6) is 0 Å². The van der Waals surface area contributed by atoms with Gasteiger partial charge in [-0.15, -0.1) is 0 Å². The number of carbonyl (C=O) groups is 3. The van der Waals surface area contributed by atoms with Crippen molar-refractivity contribution in [2.45, 2.75) is 66.4 Å². The van der Waals surface area contributed by atoms with Gasteiger partial charge in [-0.3, -0.25) is 10.1 Å². The molecule has 0 aromatic rings. The molecule has 0 saturated carbocycles. The lowest BCUT2D eigenvalue weighted by atomic mass is 9.66. The fraction of sp³-hybridized carbons (Fsp3) is 0.577. The molecule has 1 rings (SSSR count). The maximum Gasteiger partial charge on any atom is 0.335 e. The van der Waals surface area contributed by atoms with E-state index in [2.05, 4.69) is 4.89 Å². The Kier molecular flexibility index (Phi) is 11.1. The second-order valence-electron chi connectivity index (χ2n) is 9.71. The number of ketones is 2.